The molecule has 0 aromatic carbocycles. The summed E-state index contributed by atoms with van der Waals surface area (Å²) in [4.78, 5) is 15.4. The van der Waals surface area contributed by atoms with E-state index in [1.807, 2.05) is 19.1 Å². The van der Waals surface area contributed by atoms with Crippen LogP contribution in [0.2, 0.25) is 0 Å². The molecule has 106 valence electrons. The Hall–Kier alpha value is -1.14. The molecule has 0 aliphatic heterocycles. The van der Waals surface area contributed by atoms with Gasteiger partial charge in [-0.1, -0.05) is 5.16 Å². The van der Waals surface area contributed by atoms with E-state index in [1.54, 1.807) is 22.3 Å². The first-order chi connectivity index (χ1) is 9.67. The fourth-order valence-electron chi connectivity index (χ4n) is 2.06. The van der Waals surface area contributed by atoms with Crippen molar-refractivity contribution in [2.24, 2.45) is 0 Å². The van der Waals surface area contributed by atoms with Gasteiger partial charge in [-0.3, -0.25) is 4.79 Å². The molecule has 0 bridgehead atoms. The zero-order chi connectivity index (χ0) is 14.1. The van der Waals surface area contributed by atoms with E-state index in [0.29, 0.717) is 24.7 Å². The quantitative estimate of drug-likeness (QED) is 0.813. The molecule has 20 heavy (non-hydrogen) atoms. The van der Waals surface area contributed by atoms with Crippen LogP contribution in [0.15, 0.2) is 26.5 Å². The Kier molecular flexibility index (Phi) is 3.94. The van der Waals surface area contributed by atoms with Crippen molar-refractivity contribution < 1.29 is 9.32 Å². The number of thiophene rings is 1. The zero-order valence-electron chi connectivity index (χ0n) is 11.1. The number of hydrogen-bond acceptors (Lipinski definition) is 4. The molecule has 2 aromatic rings. The molecule has 1 aliphatic carbocycles. The molecule has 1 amide bonds. The van der Waals surface area contributed by atoms with Crippen LogP contribution in [0, 0.1) is 0 Å². The van der Waals surface area contributed by atoms with E-state index in [4.69, 9.17) is 4.52 Å². The molecule has 0 N–H and O–H groups in total. The standard InChI is InChI=1S/C14H15BrN2O2S/c1-2-17(8-10-5-6-13(15)20-10)14(18)11-7-12(19-16-11)9-3-4-9/h5-7,9H,2-4,8H2,1H3. The van der Waals surface area contributed by atoms with E-state index in [2.05, 4.69) is 21.1 Å². The van der Waals surface area contributed by atoms with Crippen molar-refractivity contribution in [3.05, 3.63) is 38.3 Å². The summed E-state index contributed by atoms with van der Waals surface area (Å²) in [7, 11) is 0. The van der Waals surface area contributed by atoms with Gasteiger partial charge in [0.25, 0.3) is 5.91 Å². The molecule has 3 rings (SSSR count). The molecule has 2 aromatic heterocycles. The van der Waals surface area contributed by atoms with Gasteiger partial charge in [-0.05, 0) is 47.8 Å². The highest BCUT2D eigenvalue weighted by Crippen LogP contribution is 2.40. The van der Waals surface area contributed by atoms with Crippen LogP contribution in [0.4, 0.5) is 0 Å². The second kappa shape index (κ2) is 5.69. The lowest BCUT2D eigenvalue weighted by Crippen LogP contribution is -2.30. The average Bonchev–Trinajstić information content (AvgIpc) is 3.03. The van der Waals surface area contributed by atoms with Gasteiger partial charge < -0.3 is 9.42 Å². The fourth-order valence-corrected chi connectivity index (χ4v) is 3.56. The molecule has 0 spiro atoms. The lowest BCUT2D eigenvalue weighted by atomic mass is 10.2. The number of halogens is 1. The van der Waals surface area contributed by atoms with Gasteiger partial charge in [0.05, 0.1) is 10.3 Å². The summed E-state index contributed by atoms with van der Waals surface area (Å²) < 4.78 is 6.33. The number of nitrogens with zero attached hydrogens (tertiary/aromatic N) is 2. The molecule has 0 radical (unpaired) electrons. The molecule has 2 heterocycles. The summed E-state index contributed by atoms with van der Waals surface area (Å²) in [6.07, 6.45) is 2.28. The van der Waals surface area contributed by atoms with Crippen LogP contribution in [-0.4, -0.2) is 22.5 Å². The molecule has 0 atom stereocenters. The first-order valence-electron chi connectivity index (χ1n) is 6.67. The maximum Gasteiger partial charge on any atom is 0.276 e. The van der Waals surface area contributed by atoms with Crippen molar-refractivity contribution in [1.82, 2.24) is 10.1 Å². The normalized spacial score (nSPS) is 14.5. The van der Waals surface area contributed by atoms with Crippen LogP contribution < -0.4 is 0 Å². The number of carbonyl (C=O) groups is 1. The van der Waals surface area contributed by atoms with Crippen LogP contribution in [0.5, 0.6) is 0 Å². The van der Waals surface area contributed by atoms with Gasteiger partial charge in [0.2, 0.25) is 0 Å². The maximum absolute atomic E-state index is 12.4. The van der Waals surface area contributed by atoms with E-state index < -0.39 is 0 Å². The molecular formula is C14H15BrN2O2S. The largest absolute Gasteiger partial charge is 0.360 e. The van der Waals surface area contributed by atoms with Gasteiger partial charge in [-0.2, -0.15) is 0 Å². The minimum absolute atomic E-state index is 0.0623. The van der Waals surface area contributed by atoms with Gasteiger partial charge in [-0.25, -0.2) is 0 Å². The highest BCUT2D eigenvalue weighted by molar-refractivity contribution is 9.11. The third-order valence-electron chi connectivity index (χ3n) is 3.37. The van der Waals surface area contributed by atoms with Crippen molar-refractivity contribution in [2.45, 2.75) is 32.2 Å². The summed E-state index contributed by atoms with van der Waals surface area (Å²) in [5, 5.41) is 3.92. The number of carbonyl (C=O) groups excluding carboxylic acids is 1. The molecule has 4 nitrogen and oxygen atoms in total. The third kappa shape index (κ3) is 2.96. The molecule has 1 saturated carbocycles. The Morgan fingerprint density at radius 1 is 1.55 bits per heavy atom. The Morgan fingerprint density at radius 2 is 2.35 bits per heavy atom. The molecule has 0 unspecified atom stereocenters. The number of amides is 1. The Labute approximate surface area is 129 Å². The van der Waals surface area contributed by atoms with Gasteiger partial charge >= 0.3 is 0 Å². The first kappa shape index (κ1) is 13.8. The van der Waals surface area contributed by atoms with E-state index in [0.717, 1.165) is 27.3 Å². The Morgan fingerprint density at radius 3 is 2.95 bits per heavy atom. The fraction of sp³-hybridized carbons (Fsp3) is 0.429. The lowest BCUT2D eigenvalue weighted by Gasteiger charge is -2.18. The zero-order valence-corrected chi connectivity index (χ0v) is 13.5. The smallest absolute Gasteiger partial charge is 0.276 e. The summed E-state index contributed by atoms with van der Waals surface area (Å²) in [5.41, 5.74) is 0.421. The summed E-state index contributed by atoms with van der Waals surface area (Å²) in [5.74, 6) is 1.27. The van der Waals surface area contributed by atoms with Crippen LogP contribution in [0.3, 0.4) is 0 Å². The Bertz CT molecular complexity index is 618. The SMILES string of the molecule is CCN(Cc1ccc(Br)s1)C(=O)c1cc(C2CC2)on1. The third-order valence-corrected chi connectivity index (χ3v) is 4.98. The summed E-state index contributed by atoms with van der Waals surface area (Å²) >= 11 is 5.08. The molecule has 0 saturated heterocycles. The van der Waals surface area contributed by atoms with E-state index in [9.17, 15) is 4.79 Å². The molecular weight excluding hydrogens is 340 g/mol. The monoisotopic (exact) mass is 354 g/mol. The molecule has 1 aliphatic rings. The second-order valence-corrected chi connectivity index (χ2v) is 7.46. The minimum Gasteiger partial charge on any atom is -0.360 e. The van der Waals surface area contributed by atoms with Crippen molar-refractivity contribution in [3.8, 4) is 0 Å². The van der Waals surface area contributed by atoms with Crippen LogP contribution >= 0.6 is 27.3 Å². The van der Waals surface area contributed by atoms with Crippen molar-refractivity contribution in [1.29, 1.82) is 0 Å². The summed E-state index contributed by atoms with van der Waals surface area (Å²) in [6.45, 7) is 3.24. The van der Waals surface area contributed by atoms with Crippen LogP contribution in [0.25, 0.3) is 0 Å². The topological polar surface area (TPSA) is 46.3 Å². The van der Waals surface area contributed by atoms with Gasteiger partial charge in [-0.15, -0.1) is 11.3 Å². The minimum atomic E-state index is -0.0623. The van der Waals surface area contributed by atoms with Crippen molar-refractivity contribution >= 4 is 33.2 Å². The van der Waals surface area contributed by atoms with E-state index in [-0.39, 0.29) is 5.91 Å². The van der Waals surface area contributed by atoms with E-state index in [1.165, 1.54) is 0 Å². The predicted molar refractivity (Wildman–Crippen MR) is 80.9 cm³/mol. The lowest BCUT2D eigenvalue weighted by molar-refractivity contribution is 0.0743. The maximum atomic E-state index is 12.4. The number of rotatable bonds is 5. The summed E-state index contributed by atoms with van der Waals surface area (Å²) in [6, 6.07) is 5.83. The van der Waals surface area contributed by atoms with E-state index >= 15 is 0 Å². The molecule has 6 heteroatoms. The molecule has 1 fully saturated rings. The van der Waals surface area contributed by atoms with Gasteiger partial charge in [0.15, 0.2) is 5.69 Å². The van der Waals surface area contributed by atoms with Crippen molar-refractivity contribution in [3.63, 3.8) is 0 Å². The van der Waals surface area contributed by atoms with Crippen molar-refractivity contribution in [2.75, 3.05) is 6.54 Å². The van der Waals surface area contributed by atoms with Crippen LogP contribution in [-0.2, 0) is 6.54 Å². The average molecular weight is 355 g/mol. The predicted octanol–water partition coefficient (Wildman–Crippen LogP) is 4.04. The Balaban J connectivity index is 1.72. The van der Waals surface area contributed by atoms with Crippen LogP contribution in [0.1, 0.15) is 46.8 Å². The first-order valence-corrected chi connectivity index (χ1v) is 8.28. The highest BCUT2D eigenvalue weighted by atomic mass is 79.9. The van der Waals surface area contributed by atoms with Gasteiger partial charge in [0.1, 0.15) is 5.76 Å². The van der Waals surface area contributed by atoms with Gasteiger partial charge in [0, 0.05) is 23.4 Å². The number of aromatic nitrogens is 1. The number of hydrogen-bond donors (Lipinski definition) is 0. The highest BCUT2D eigenvalue weighted by Gasteiger charge is 2.29. The second-order valence-electron chi connectivity index (χ2n) is 4.91.